The number of hydrogen-bond acceptors (Lipinski definition) is 6. The summed E-state index contributed by atoms with van der Waals surface area (Å²) < 4.78 is 5.51. The lowest BCUT2D eigenvalue weighted by Gasteiger charge is -2.29. The van der Waals surface area contributed by atoms with Crippen LogP contribution in [0.2, 0.25) is 0 Å². The molecule has 0 atom stereocenters. The van der Waals surface area contributed by atoms with Gasteiger partial charge in [0.05, 0.1) is 13.1 Å². The standard InChI is InChI=1S/C11H15N5O2/c1-12-15-10(14-8-17)7-16-5-6-18-9-3-2-4-13-11(9)16/h2-4,8,12H,5-7H2,1H3,(H,14,15,17). The number of aromatic nitrogens is 1. The molecule has 0 aromatic carbocycles. The van der Waals surface area contributed by atoms with E-state index in [0.29, 0.717) is 31.9 Å². The molecule has 0 fully saturated rings. The summed E-state index contributed by atoms with van der Waals surface area (Å²) in [5, 5.41) is 6.55. The lowest BCUT2D eigenvalue weighted by molar-refractivity contribution is -0.108. The van der Waals surface area contributed by atoms with Crippen LogP contribution in [0.4, 0.5) is 5.82 Å². The van der Waals surface area contributed by atoms with Crippen LogP contribution in [0.5, 0.6) is 5.75 Å². The number of amides is 1. The Kier molecular flexibility index (Phi) is 3.95. The predicted molar refractivity (Wildman–Crippen MR) is 67.6 cm³/mol. The van der Waals surface area contributed by atoms with Crippen molar-refractivity contribution in [1.29, 1.82) is 0 Å². The van der Waals surface area contributed by atoms with E-state index in [2.05, 4.69) is 20.8 Å². The number of amidine groups is 1. The third kappa shape index (κ3) is 2.68. The lowest BCUT2D eigenvalue weighted by atomic mass is 10.3. The summed E-state index contributed by atoms with van der Waals surface area (Å²) in [5.41, 5.74) is 2.65. The van der Waals surface area contributed by atoms with Crippen LogP contribution in [0, 0.1) is 0 Å². The van der Waals surface area contributed by atoms with Crippen LogP contribution in [-0.4, -0.2) is 44.0 Å². The van der Waals surface area contributed by atoms with Crippen LogP contribution in [0.15, 0.2) is 23.4 Å². The zero-order valence-corrected chi connectivity index (χ0v) is 10.1. The molecule has 1 aromatic rings. The maximum Gasteiger partial charge on any atom is 0.212 e. The Labute approximate surface area is 105 Å². The molecule has 0 radical (unpaired) electrons. The molecule has 7 heteroatoms. The fourth-order valence-corrected chi connectivity index (χ4v) is 1.76. The monoisotopic (exact) mass is 249 g/mol. The Morgan fingerprint density at radius 2 is 2.61 bits per heavy atom. The average molecular weight is 249 g/mol. The van der Waals surface area contributed by atoms with Crippen molar-refractivity contribution in [2.24, 2.45) is 5.10 Å². The van der Waals surface area contributed by atoms with Crippen molar-refractivity contribution < 1.29 is 9.53 Å². The van der Waals surface area contributed by atoms with Gasteiger partial charge in [-0.1, -0.05) is 0 Å². The number of nitrogens with zero attached hydrogens (tertiary/aromatic N) is 3. The quantitative estimate of drug-likeness (QED) is 0.327. The summed E-state index contributed by atoms with van der Waals surface area (Å²) >= 11 is 0. The summed E-state index contributed by atoms with van der Waals surface area (Å²) in [6, 6.07) is 3.70. The smallest absolute Gasteiger partial charge is 0.212 e. The molecule has 0 aliphatic carbocycles. The minimum atomic E-state index is 0.465. The van der Waals surface area contributed by atoms with E-state index in [1.54, 1.807) is 13.2 Å². The van der Waals surface area contributed by atoms with Crippen molar-refractivity contribution in [1.82, 2.24) is 15.7 Å². The van der Waals surface area contributed by atoms with Crippen LogP contribution in [0.25, 0.3) is 0 Å². The number of nitrogens with one attached hydrogen (secondary N) is 2. The third-order valence-corrected chi connectivity index (χ3v) is 2.48. The second-order valence-corrected chi connectivity index (χ2v) is 3.64. The van der Waals surface area contributed by atoms with E-state index >= 15 is 0 Å². The first-order chi connectivity index (χ1) is 8.85. The molecule has 1 aliphatic heterocycles. The van der Waals surface area contributed by atoms with Crippen molar-refractivity contribution in [2.75, 3.05) is 31.6 Å². The van der Waals surface area contributed by atoms with Gasteiger partial charge in [0, 0.05) is 13.2 Å². The van der Waals surface area contributed by atoms with Gasteiger partial charge in [0.15, 0.2) is 11.6 Å². The number of carbonyl (C=O) groups excluding carboxylic acids is 1. The lowest BCUT2D eigenvalue weighted by Crippen LogP contribution is -2.42. The Balaban J connectivity index is 2.15. The topological polar surface area (TPSA) is 78.8 Å². The molecule has 2 N–H and O–H groups in total. The number of anilines is 1. The molecule has 1 aromatic heterocycles. The number of rotatable bonds is 4. The fraction of sp³-hybridized carbons (Fsp3) is 0.364. The number of pyridine rings is 1. The maximum absolute atomic E-state index is 10.5. The van der Waals surface area contributed by atoms with Gasteiger partial charge >= 0.3 is 0 Å². The summed E-state index contributed by atoms with van der Waals surface area (Å²) in [6.45, 7) is 1.76. The molecule has 0 saturated carbocycles. The molecule has 18 heavy (non-hydrogen) atoms. The van der Waals surface area contributed by atoms with Crippen LogP contribution < -0.4 is 20.4 Å². The fourth-order valence-electron chi connectivity index (χ4n) is 1.76. The van der Waals surface area contributed by atoms with Gasteiger partial charge in [0.2, 0.25) is 6.41 Å². The Morgan fingerprint density at radius 1 is 1.72 bits per heavy atom. The largest absolute Gasteiger partial charge is 0.488 e. The molecular weight excluding hydrogens is 234 g/mol. The van der Waals surface area contributed by atoms with E-state index in [4.69, 9.17) is 4.74 Å². The van der Waals surface area contributed by atoms with Crippen molar-refractivity contribution in [3.63, 3.8) is 0 Å². The first-order valence-electron chi connectivity index (χ1n) is 5.61. The number of carbonyl (C=O) groups is 1. The third-order valence-electron chi connectivity index (χ3n) is 2.48. The van der Waals surface area contributed by atoms with E-state index in [0.717, 1.165) is 11.6 Å². The van der Waals surface area contributed by atoms with Crippen LogP contribution >= 0.6 is 0 Å². The molecule has 1 aliphatic rings. The van der Waals surface area contributed by atoms with Gasteiger partial charge in [0.1, 0.15) is 12.4 Å². The Hall–Kier alpha value is -2.31. The Bertz CT molecular complexity index is 449. The second-order valence-electron chi connectivity index (χ2n) is 3.64. The zero-order valence-electron chi connectivity index (χ0n) is 10.1. The molecular formula is C11H15N5O2. The van der Waals surface area contributed by atoms with Crippen molar-refractivity contribution >= 4 is 18.1 Å². The summed E-state index contributed by atoms with van der Waals surface area (Å²) in [7, 11) is 1.68. The highest BCUT2D eigenvalue weighted by molar-refractivity contribution is 5.93. The highest BCUT2D eigenvalue weighted by atomic mass is 16.5. The normalized spacial score (nSPS) is 14.5. The molecule has 96 valence electrons. The highest BCUT2D eigenvalue weighted by Gasteiger charge is 2.20. The molecule has 2 rings (SSSR count). The first kappa shape index (κ1) is 12.2. The number of hydrazone groups is 1. The van der Waals surface area contributed by atoms with E-state index in [9.17, 15) is 4.79 Å². The predicted octanol–water partition coefficient (Wildman–Crippen LogP) is -0.441. The molecule has 7 nitrogen and oxygen atoms in total. The molecule has 2 heterocycles. The van der Waals surface area contributed by atoms with Gasteiger partial charge in [0.25, 0.3) is 0 Å². The van der Waals surface area contributed by atoms with Gasteiger partial charge in [-0.25, -0.2) is 4.98 Å². The van der Waals surface area contributed by atoms with Gasteiger partial charge in [-0.15, -0.1) is 0 Å². The van der Waals surface area contributed by atoms with Crippen molar-refractivity contribution in [2.45, 2.75) is 0 Å². The van der Waals surface area contributed by atoms with Crippen LogP contribution in [0.3, 0.4) is 0 Å². The van der Waals surface area contributed by atoms with E-state index in [-0.39, 0.29) is 0 Å². The molecule has 0 saturated heterocycles. The second kappa shape index (κ2) is 5.85. The van der Waals surface area contributed by atoms with E-state index in [1.807, 2.05) is 17.0 Å². The van der Waals surface area contributed by atoms with Crippen LogP contribution in [0.1, 0.15) is 0 Å². The summed E-state index contributed by atoms with van der Waals surface area (Å²) in [5.74, 6) is 2.05. The van der Waals surface area contributed by atoms with Gasteiger partial charge in [-0.05, 0) is 12.1 Å². The maximum atomic E-state index is 10.5. The SMILES string of the molecule is CN/N=C(/CN1CCOc2cccnc21)NC=O. The number of ether oxygens (including phenoxy) is 1. The highest BCUT2D eigenvalue weighted by Crippen LogP contribution is 2.27. The van der Waals surface area contributed by atoms with E-state index in [1.165, 1.54) is 0 Å². The number of fused-ring (bicyclic) bond motifs is 1. The minimum Gasteiger partial charge on any atom is -0.488 e. The average Bonchev–Trinajstić information content (AvgIpc) is 2.40. The van der Waals surface area contributed by atoms with E-state index < -0.39 is 0 Å². The first-order valence-corrected chi connectivity index (χ1v) is 5.61. The van der Waals surface area contributed by atoms with Crippen LogP contribution in [-0.2, 0) is 4.79 Å². The summed E-state index contributed by atoms with van der Waals surface area (Å²) in [6.07, 6.45) is 2.32. The molecule has 0 unspecified atom stereocenters. The Morgan fingerprint density at radius 3 is 3.39 bits per heavy atom. The molecule has 1 amide bonds. The molecule has 0 bridgehead atoms. The van der Waals surface area contributed by atoms with Gasteiger partial charge < -0.3 is 20.4 Å². The minimum absolute atomic E-state index is 0.465. The number of hydrogen-bond donors (Lipinski definition) is 2. The van der Waals surface area contributed by atoms with Crippen molar-refractivity contribution in [3.8, 4) is 5.75 Å². The molecule has 0 spiro atoms. The van der Waals surface area contributed by atoms with Gasteiger partial charge in [-0.3, -0.25) is 4.79 Å². The zero-order chi connectivity index (χ0) is 12.8. The van der Waals surface area contributed by atoms with Gasteiger partial charge in [-0.2, -0.15) is 5.10 Å². The van der Waals surface area contributed by atoms with Crippen molar-refractivity contribution in [3.05, 3.63) is 18.3 Å². The summed E-state index contributed by atoms with van der Waals surface area (Å²) in [4.78, 5) is 16.8.